The second kappa shape index (κ2) is 3.20. The summed E-state index contributed by atoms with van der Waals surface area (Å²) in [6.07, 6.45) is 4.37. The molecule has 3 rings (SSSR count). The number of aliphatic hydroxyl groups is 1. The summed E-state index contributed by atoms with van der Waals surface area (Å²) in [6, 6.07) is 2.25. The maximum Gasteiger partial charge on any atom is 0.132 e. The van der Waals surface area contributed by atoms with Crippen LogP contribution in [0.3, 0.4) is 0 Å². The van der Waals surface area contributed by atoms with Crippen molar-refractivity contribution in [1.29, 1.82) is 0 Å². The van der Waals surface area contributed by atoms with Crippen molar-refractivity contribution in [2.45, 2.75) is 31.8 Å². The van der Waals surface area contributed by atoms with Crippen LogP contribution in [0.4, 0.5) is 5.82 Å². The summed E-state index contributed by atoms with van der Waals surface area (Å²) < 4.78 is 0. The van der Waals surface area contributed by atoms with Crippen molar-refractivity contribution in [1.82, 2.24) is 4.98 Å². The summed E-state index contributed by atoms with van der Waals surface area (Å²) in [4.78, 5) is 6.69. The number of aromatic nitrogens is 1. The highest BCUT2D eigenvalue weighted by Crippen LogP contribution is 2.44. The van der Waals surface area contributed by atoms with Gasteiger partial charge in [0.05, 0.1) is 6.10 Å². The van der Waals surface area contributed by atoms with E-state index in [4.69, 9.17) is 0 Å². The maximum atomic E-state index is 9.31. The van der Waals surface area contributed by atoms with Crippen molar-refractivity contribution >= 4 is 5.82 Å². The molecule has 0 aromatic carbocycles. The van der Waals surface area contributed by atoms with E-state index in [1.54, 1.807) is 0 Å². The fraction of sp³-hybridized carbons (Fsp3) is 0.583. The van der Waals surface area contributed by atoms with Crippen molar-refractivity contribution in [2.24, 2.45) is 0 Å². The highest BCUT2D eigenvalue weighted by Gasteiger charge is 2.32. The molecule has 0 spiro atoms. The number of nitrogens with zero attached hydrogens (tertiary/aromatic N) is 2. The van der Waals surface area contributed by atoms with Crippen LogP contribution in [-0.2, 0) is 0 Å². The molecule has 1 aliphatic carbocycles. The Kier molecular flexibility index (Phi) is 1.96. The molecule has 15 heavy (non-hydrogen) atoms. The lowest BCUT2D eigenvalue weighted by Crippen LogP contribution is -2.51. The van der Waals surface area contributed by atoms with Crippen molar-refractivity contribution in [3.63, 3.8) is 0 Å². The van der Waals surface area contributed by atoms with E-state index in [0.29, 0.717) is 0 Å². The number of β-amino-alcohol motifs (C(OH)–C–C–N with tert-alkyl or cyclic N) is 1. The zero-order valence-electron chi connectivity index (χ0n) is 8.98. The fourth-order valence-corrected chi connectivity index (χ4v) is 2.17. The molecule has 1 aliphatic heterocycles. The van der Waals surface area contributed by atoms with E-state index in [0.717, 1.165) is 24.8 Å². The summed E-state index contributed by atoms with van der Waals surface area (Å²) in [6.45, 7) is 3.58. The van der Waals surface area contributed by atoms with Gasteiger partial charge in [-0.2, -0.15) is 0 Å². The van der Waals surface area contributed by atoms with Crippen molar-refractivity contribution in [3.8, 4) is 0 Å². The SMILES string of the molecule is Cc1cnc(N2CC(O)C2)c(C2CC2)c1. The summed E-state index contributed by atoms with van der Waals surface area (Å²) in [5.74, 6) is 1.83. The largest absolute Gasteiger partial charge is 0.389 e. The molecule has 1 N–H and O–H groups in total. The van der Waals surface area contributed by atoms with Crippen LogP contribution >= 0.6 is 0 Å². The summed E-state index contributed by atoms with van der Waals surface area (Å²) >= 11 is 0. The molecule has 80 valence electrons. The molecule has 1 saturated heterocycles. The van der Waals surface area contributed by atoms with Crippen molar-refractivity contribution in [2.75, 3.05) is 18.0 Å². The molecule has 2 aliphatic rings. The lowest BCUT2D eigenvalue weighted by atomic mass is 10.1. The molecule has 0 unspecified atom stereocenters. The van der Waals surface area contributed by atoms with Gasteiger partial charge in [-0.3, -0.25) is 0 Å². The summed E-state index contributed by atoms with van der Waals surface area (Å²) in [5.41, 5.74) is 2.63. The quantitative estimate of drug-likeness (QED) is 0.792. The Hall–Kier alpha value is -1.09. The van der Waals surface area contributed by atoms with Gasteiger partial charge in [-0.15, -0.1) is 0 Å². The number of aryl methyl sites for hydroxylation is 1. The lowest BCUT2D eigenvalue weighted by molar-refractivity contribution is 0.141. The van der Waals surface area contributed by atoms with Crippen LogP contribution in [0.25, 0.3) is 0 Å². The Balaban J connectivity index is 1.92. The fourth-order valence-electron chi connectivity index (χ4n) is 2.17. The third-order valence-corrected chi connectivity index (χ3v) is 3.21. The van der Waals surface area contributed by atoms with Crippen LogP contribution in [-0.4, -0.2) is 29.3 Å². The van der Waals surface area contributed by atoms with Crippen LogP contribution in [0, 0.1) is 6.92 Å². The van der Waals surface area contributed by atoms with E-state index in [-0.39, 0.29) is 6.10 Å². The molecule has 1 aromatic rings. The topological polar surface area (TPSA) is 36.4 Å². The number of hydrogen-bond acceptors (Lipinski definition) is 3. The van der Waals surface area contributed by atoms with Crippen LogP contribution in [0.1, 0.15) is 29.9 Å². The predicted octanol–water partition coefficient (Wildman–Crippen LogP) is 1.45. The minimum atomic E-state index is -0.153. The minimum absolute atomic E-state index is 0.153. The van der Waals surface area contributed by atoms with Crippen molar-refractivity contribution < 1.29 is 5.11 Å². The van der Waals surface area contributed by atoms with Crippen LogP contribution in [0.5, 0.6) is 0 Å². The van der Waals surface area contributed by atoms with Gasteiger partial charge in [0.2, 0.25) is 0 Å². The Morgan fingerprint density at radius 3 is 2.73 bits per heavy atom. The molecule has 0 bridgehead atoms. The predicted molar refractivity (Wildman–Crippen MR) is 59.2 cm³/mol. The van der Waals surface area contributed by atoms with Crippen LogP contribution in [0.2, 0.25) is 0 Å². The summed E-state index contributed by atoms with van der Waals surface area (Å²) in [7, 11) is 0. The second-order valence-electron chi connectivity index (χ2n) is 4.76. The molecule has 1 aromatic heterocycles. The third kappa shape index (κ3) is 1.61. The normalized spacial score (nSPS) is 21.6. The molecular weight excluding hydrogens is 188 g/mol. The first-order valence-electron chi connectivity index (χ1n) is 5.63. The first-order valence-corrected chi connectivity index (χ1v) is 5.63. The zero-order chi connectivity index (χ0) is 10.4. The van der Waals surface area contributed by atoms with Gasteiger partial charge in [0.1, 0.15) is 5.82 Å². The highest BCUT2D eigenvalue weighted by molar-refractivity contribution is 5.53. The van der Waals surface area contributed by atoms with Gasteiger partial charge in [-0.05, 0) is 36.8 Å². The monoisotopic (exact) mass is 204 g/mol. The zero-order valence-corrected chi connectivity index (χ0v) is 8.98. The molecule has 2 fully saturated rings. The molecular formula is C12H16N2O. The van der Waals surface area contributed by atoms with Gasteiger partial charge in [0.15, 0.2) is 0 Å². The second-order valence-corrected chi connectivity index (χ2v) is 4.76. The first-order chi connectivity index (χ1) is 7.24. The first kappa shape index (κ1) is 9.16. The van der Waals surface area contributed by atoms with E-state index in [9.17, 15) is 5.11 Å². The van der Waals surface area contributed by atoms with E-state index in [1.807, 2.05) is 6.20 Å². The van der Waals surface area contributed by atoms with Gasteiger partial charge in [0.25, 0.3) is 0 Å². The van der Waals surface area contributed by atoms with Gasteiger partial charge >= 0.3 is 0 Å². The molecule has 2 heterocycles. The Bertz CT molecular complexity index is 381. The van der Waals surface area contributed by atoms with E-state index in [1.165, 1.54) is 24.0 Å². The summed E-state index contributed by atoms with van der Waals surface area (Å²) in [5, 5.41) is 9.31. The average molecular weight is 204 g/mol. The van der Waals surface area contributed by atoms with Gasteiger partial charge < -0.3 is 10.0 Å². The van der Waals surface area contributed by atoms with Crippen molar-refractivity contribution in [3.05, 3.63) is 23.4 Å². The number of anilines is 1. The molecule has 0 atom stereocenters. The van der Waals surface area contributed by atoms with Gasteiger partial charge in [-0.1, -0.05) is 6.07 Å². The molecule has 3 heteroatoms. The van der Waals surface area contributed by atoms with Crippen LogP contribution < -0.4 is 4.90 Å². The number of aliphatic hydroxyl groups excluding tert-OH is 1. The van der Waals surface area contributed by atoms with Gasteiger partial charge in [-0.25, -0.2) is 4.98 Å². The van der Waals surface area contributed by atoms with Gasteiger partial charge in [0, 0.05) is 19.3 Å². The molecule has 1 saturated carbocycles. The molecule has 3 nitrogen and oxygen atoms in total. The number of hydrogen-bond donors (Lipinski definition) is 1. The maximum absolute atomic E-state index is 9.31. The highest BCUT2D eigenvalue weighted by atomic mass is 16.3. The number of rotatable bonds is 2. The van der Waals surface area contributed by atoms with E-state index < -0.39 is 0 Å². The Morgan fingerprint density at radius 2 is 2.13 bits per heavy atom. The average Bonchev–Trinajstić information content (AvgIpc) is 2.96. The minimum Gasteiger partial charge on any atom is -0.389 e. The standard InChI is InChI=1S/C12H16N2O/c1-8-4-11(9-2-3-9)12(13-5-8)14-6-10(15)7-14/h4-5,9-10,15H,2-3,6-7H2,1H3. The third-order valence-electron chi connectivity index (χ3n) is 3.21. The van der Waals surface area contributed by atoms with E-state index >= 15 is 0 Å². The molecule has 0 radical (unpaired) electrons. The van der Waals surface area contributed by atoms with E-state index in [2.05, 4.69) is 22.9 Å². The number of pyridine rings is 1. The smallest absolute Gasteiger partial charge is 0.132 e. The Labute approximate surface area is 89.7 Å². The van der Waals surface area contributed by atoms with Crippen LogP contribution in [0.15, 0.2) is 12.3 Å². The molecule has 0 amide bonds. The lowest BCUT2D eigenvalue weighted by Gasteiger charge is -2.38. The Morgan fingerprint density at radius 1 is 1.40 bits per heavy atom.